The van der Waals surface area contributed by atoms with Crippen molar-refractivity contribution >= 4 is 15.9 Å². The number of benzene rings is 1. The van der Waals surface area contributed by atoms with E-state index in [1.165, 1.54) is 33.5 Å². The Balaban J connectivity index is 2.14. The molecule has 0 aromatic heterocycles. The van der Waals surface area contributed by atoms with Crippen LogP contribution in [0.2, 0.25) is 0 Å². The van der Waals surface area contributed by atoms with Crippen LogP contribution in [0.25, 0.3) is 0 Å². The average Bonchev–Trinajstić information content (AvgIpc) is 2.68. The zero-order valence-electron chi connectivity index (χ0n) is 15.5. The number of amides is 1. The highest BCUT2D eigenvalue weighted by Crippen LogP contribution is 2.23. The van der Waals surface area contributed by atoms with Gasteiger partial charge in [0.1, 0.15) is 0 Å². The van der Waals surface area contributed by atoms with Gasteiger partial charge in [-0.1, -0.05) is 6.92 Å². The second-order valence-corrected chi connectivity index (χ2v) is 8.66. The highest BCUT2D eigenvalue weighted by atomic mass is 32.2. The third-order valence-corrected chi connectivity index (χ3v) is 6.67. The third kappa shape index (κ3) is 5.29. The molecule has 0 bridgehead atoms. The number of hydrogen-bond acceptors (Lipinski definition) is 5. The summed E-state index contributed by atoms with van der Waals surface area (Å²) in [7, 11) is -3.55. The van der Waals surface area contributed by atoms with Crippen molar-refractivity contribution in [3.05, 3.63) is 29.8 Å². The van der Waals surface area contributed by atoms with E-state index >= 15 is 0 Å². The van der Waals surface area contributed by atoms with Gasteiger partial charge in [-0.15, -0.1) is 0 Å². The first-order valence-corrected chi connectivity index (χ1v) is 10.5. The molecule has 1 aromatic carbocycles. The maximum absolute atomic E-state index is 12.8. The molecule has 1 fully saturated rings. The number of hydrogen-bond donors (Lipinski definition) is 0. The molecular formula is C19H24N4O3S. The van der Waals surface area contributed by atoms with Gasteiger partial charge in [-0.25, -0.2) is 8.42 Å². The van der Waals surface area contributed by atoms with Crippen LogP contribution in [0, 0.1) is 28.6 Å². The quantitative estimate of drug-likeness (QED) is 0.713. The van der Waals surface area contributed by atoms with E-state index in [1.807, 2.05) is 12.1 Å². The molecule has 7 nitrogen and oxygen atoms in total. The summed E-state index contributed by atoms with van der Waals surface area (Å²) in [6.07, 6.45) is 2.05. The normalized spacial score (nSPS) is 15.7. The lowest BCUT2D eigenvalue weighted by molar-refractivity contribution is 0.0762. The van der Waals surface area contributed by atoms with Crippen LogP contribution in [-0.4, -0.2) is 49.7 Å². The molecule has 0 radical (unpaired) electrons. The third-order valence-electron chi connectivity index (χ3n) is 4.76. The summed E-state index contributed by atoms with van der Waals surface area (Å²) in [5, 5.41) is 17.5. The van der Waals surface area contributed by atoms with Crippen molar-refractivity contribution in [1.82, 2.24) is 9.21 Å². The highest BCUT2D eigenvalue weighted by Gasteiger charge is 2.28. The number of nitriles is 2. The predicted octanol–water partition coefficient (Wildman–Crippen LogP) is 2.38. The van der Waals surface area contributed by atoms with Crippen LogP contribution in [0.4, 0.5) is 0 Å². The number of rotatable bonds is 7. The number of carbonyl (C=O) groups is 1. The molecular weight excluding hydrogens is 364 g/mol. The van der Waals surface area contributed by atoms with Gasteiger partial charge >= 0.3 is 0 Å². The van der Waals surface area contributed by atoms with Gasteiger partial charge < -0.3 is 4.90 Å². The molecule has 1 aromatic rings. The molecule has 144 valence electrons. The van der Waals surface area contributed by atoms with E-state index in [2.05, 4.69) is 6.92 Å². The van der Waals surface area contributed by atoms with Crippen LogP contribution in [0.3, 0.4) is 0 Å². The van der Waals surface area contributed by atoms with Crippen LogP contribution in [0.1, 0.15) is 43.0 Å². The maximum atomic E-state index is 12.8. The van der Waals surface area contributed by atoms with Crippen molar-refractivity contribution in [1.29, 1.82) is 10.5 Å². The fraction of sp³-hybridized carbons (Fsp3) is 0.526. The lowest BCUT2D eigenvalue weighted by Crippen LogP contribution is -2.37. The van der Waals surface area contributed by atoms with Gasteiger partial charge in [-0.05, 0) is 43.0 Å². The Morgan fingerprint density at radius 2 is 1.63 bits per heavy atom. The minimum atomic E-state index is -3.55. The van der Waals surface area contributed by atoms with Crippen molar-refractivity contribution in [2.24, 2.45) is 5.92 Å². The molecule has 27 heavy (non-hydrogen) atoms. The molecule has 1 saturated heterocycles. The van der Waals surface area contributed by atoms with Gasteiger partial charge in [0.2, 0.25) is 10.0 Å². The van der Waals surface area contributed by atoms with E-state index in [1.54, 1.807) is 0 Å². The van der Waals surface area contributed by atoms with E-state index in [0.29, 0.717) is 24.6 Å². The topological polar surface area (TPSA) is 105 Å². The van der Waals surface area contributed by atoms with Gasteiger partial charge in [0, 0.05) is 31.7 Å². The van der Waals surface area contributed by atoms with Crippen molar-refractivity contribution in [2.45, 2.75) is 37.5 Å². The Hall–Kier alpha value is -2.42. The molecule has 8 heteroatoms. The van der Waals surface area contributed by atoms with Crippen LogP contribution < -0.4 is 0 Å². The summed E-state index contributed by atoms with van der Waals surface area (Å²) in [6, 6.07) is 9.87. The molecule has 0 aliphatic carbocycles. The van der Waals surface area contributed by atoms with Crippen LogP contribution in [0.15, 0.2) is 29.2 Å². The number of piperidine rings is 1. The van der Waals surface area contributed by atoms with Crippen LogP contribution >= 0.6 is 0 Å². The Morgan fingerprint density at radius 3 is 2.11 bits per heavy atom. The smallest absolute Gasteiger partial charge is 0.253 e. The Labute approximate surface area is 160 Å². The van der Waals surface area contributed by atoms with E-state index in [-0.39, 0.29) is 36.7 Å². The van der Waals surface area contributed by atoms with Crippen molar-refractivity contribution in [3.8, 4) is 12.1 Å². The monoisotopic (exact) mass is 388 g/mol. The molecule has 0 N–H and O–H groups in total. The first-order chi connectivity index (χ1) is 12.9. The fourth-order valence-corrected chi connectivity index (χ4v) is 4.48. The first kappa shape index (κ1) is 20.9. The summed E-state index contributed by atoms with van der Waals surface area (Å²) < 4.78 is 27.0. The molecule has 0 atom stereocenters. The Morgan fingerprint density at radius 1 is 1.11 bits per heavy atom. The minimum absolute atomic E-state index is 0.175. The second-order valence-electron chi connectivity index (χ2n) is 6.72. The standard InChI is InChI=1S/C19H24N4O3S/c1-16-8-14-23(15-9-16)27(25,26)18-6-4-17(5-7-18)19(24)22(12-2-10-20)13-3-11-21/h4-7,16H,2-3,8-9,12-15H2,1H3. The average molecular weight is 388 g/mol. The molecule has 1 aliphatic rings. The highest BCUT2D eigenvalue weighted by molar-refractivity contribution is 7.89. The van der Waals surface area contributed by atoms with Crippen molar-refractivity contribution < 1.29 is 13.2 Å². The van der Waals surface area contributed by atoms with Gasteiger partial charge in [-0.3, -0.25) is 4.79 Å². The van der Waals surface area contributed by atoms with Gasteiger partial charge in [0.25, 0.3) is 5.91 Å². The lowest BCUT2D eigenvalue weighted by atomic mass is 10.0. The summed E-state index contributed by atoms with van der Waals surface area (Å²) in [4.78, 5) is 14.2. The maximum Gasteiger partial charge on any atom is 0.253 e. The zero-order valence-corrected chi connectivity index (χ0v) is 16.3. The summed E-state index contributed by atoms with van der Waals surface area (Å²) in [5.74, 6) is 0.223. The zero-order chi connectivity index (χ0) is 19.9. The van der Waals surface area contributed by atoms with Gasteiger partial charge in [-0.2, -0.15) is 14.8 Å². The Kier molecular flexibility index (Phi) is 7.35. The van der Waals surface area contributed by atoms with E-state index in [9.17, 15) is 13.2 Å². The SMILES string of the molecule is CC1CCN(S(=O)(=O)c2ccc(C(=O)N(CCC#N)CCC#N)cc2)CC1. The summed E-state index contributed by atoms with van der Waals surface area (Å²) in [6.45, 7) is 3.63. The van der Waals surface area contributed by atoms with Crippen molar-refractivity contribution in [3.63, 3.8) is 0 Å². The minimum Gasteiger partial charge on any atom is -0.337 e. The summed E-state index contributed by atoms with van der Waals surface area (Å²) >= 11 is 0. The lowest BCUT2D eigenvalue weighted by Gasteiger charge is -2.29. The first-order valence-electron chi connectivity index (χ1n) is 9.03. The van der Waals surface area contributed by atoms with Crippen LogP contribution in [0.5, 0.6) is 0 Å². The van der Waals surface area contributed by atoms with E-state index in [0.717, 1.165) is 12.8 Å². The second kappa shape index (κ2) is 9.50. The number of carbonyl (C=O) groups excluding carboxylic acids is 1. The molecule has 1 aliphatic heterocycles. The summed E-state index contributed by atoms with van der Waals surface area (Å²) in [5.41, 5.74) is 0.345. The molecule has 0 saturated carbocycles. The van der Waals surface area contributed by atoms with Crippen LogP contribution in [-0.2, 0) is 10.0 Å². The molecule has 1 heterocycles. The molecule has 0 unspecified atom stereocenters. The van der Waals surface area contributed by atoms with E-state index < -0.39 is 10.0 Å². The number of nitrogens with zero attached hydrogens (tertiary/aromatic N) is 4. The molecule has 2 rings (SSSR count). The Bertz CT molecular complexity index is 811. The largest absolute Gasteiger partial charge is 0.337 e. The van der Waals surface area contributed by atoms with E-state index in [4.69, 9.17) is 10.5 Å². The predicted molar refractivity (Wildman–Crippen MR) is 100.0 cm³/mol. The fourth-order valence-electron chi connectivity index (χ4n) is 3.01. The van der Waals surface area contributed by atoms with Crippen molar-refractivity contribution in [2.75, 3.05) is 26.2 Å². The number of sulfonamides is 1. The molecule has 0 spiro atoms. The van der Waals surface area contributed by atoms with Gasteiger partial charge in [0.05, 0.1) is 29.9 Å². The molecule has 1 amide bonds. The van der Waals surface area contributed by atoms with Gasteiger partial charge in [0.15, 0.2) is 0 Å².